The zero-order valence-electron chi connectivity index (χ0n) is 16.7. The molecule has 1 aliphatic rings. The molecule has 0 aromatic heterocycles. The molecule has 2 aromatic carbocycles. The number of carbonyl (C=O) groups excluding carboxylic acids is 1. The SMILES string of the molecule is CCNC(=O)N1N=C(c2ccc(N)cc2)c2cc(OC)c(OC)cc2C[C@H]1C. The van der Waals surface area contributed by atoms with Gasteiger partial charge in [-0.15, -0.1) is 0 Å². The van der Waals surface area contributed by atoms with Crippen molar-refractivity contribution in [1.29, 1.82) is 0 Å². The van der Waals surface area contributed by atoms with Gasteiger partial charge in [0.25, 0.3) is 0 Å². The number of hydrogen-bond donors (Lipinski definition) is 2. The Morgan fingerprint density at radius 2 is 1.86 bits per heavy atom. The van der Waals surface area contributed by atoms with E-state index < -0.39 is 0 Å². The second-order valence-corrected chi connectivity index (χ2v) is 6.67. The number of fused-ring (bicyclic) bond motifs is 1. The van der Waals surface area contributed by atoms with E-state index in [2.05, 4.69) is 5.32 Å². The summed E-state index contributed by atoms with van der Waals surface area (Å²) in [5, 5.41) is 9.09. The van der Waals surface area contributed by atoms with Crippen molar-refractivity contribution in [3.63, 3.8) is 0 Å². The maximum Gasteiger partial charge on any atom is 0.338 e. The van der Waals surface area contributed by atoms with E-state index in [1.54, 1.807) is 14.2 Å². The summed E-state index contributed by atoms with van der Waals surface area (Å²) in [6.07, 6.45) is 0.634. The third-order valence-electron chi connectivity index (χ3n) is 4.73. The van der Waals surface area contributed by atoms with Crippen LogP contribution in [0, 0.1) is 0 Å². The van der Waals surface area contributed by atoms with E-state index in [9.17, 15) is 4.79 Å². The molecule has 0 radical (unpaired) electrons. The third kappa shape index (κ3) is 3.74. The van der Waals surface area contributed by atoms with Gasteiger partial charge in [-0.1, -0.05) is 12.1 Å². The van der Waals surface area contributed by atoms with Crippen molar-refractivity contribution in [3.05, 3.63) is 53.1 Å². The summed E-state index contributed by atoms with van der Waals surface area (Å²) in [4.78, 5) is 12.6. The van der Waals surface area contributed by atoms with E-state index in [1.165, 1.54) is 5.01 Å². The number of rotatable bonds is 4. The first-order valence-electron chi connectivity index (χ1n) is 9.25. The Labute approximate surface area is 165 Å². The smallest absolute Gasteiger partial charge is 0.338 e. The molecule has 28 heavy (non-hydrogen) atoms. The normalized spacial score (nSPS) is 15.9. The fraction of sp³-hybridized carbons (Fsp3) is 0.333. The number of benzene rings is 2. The number of nitrogens with two attached hydrogens (primary N) is 1. The van der Waals surface area contributed by atoms with E-state index in [-0.39, 0.29) is 12.1 Å². The van der Waals surface area contributed by atoms with Crippen LogP contribution in [0.25, 0.3) is 0 Å². The van der Waals surface area contributed by atoms with Gasteiger partial charge in [-0.25, -0.2) is 9.80 Å². The summed E-state index contributed by atoms with van der Waals surface area (Å²) in [5.41, 5.74) is 10.0. The molecule has 0 spiro atoms. The first kappa shape index (κ1) is 19.5. The molecule has 148 valence electrons. The van der Waals surface area contributed by atoms with Crippen LogP contribution < -0.4 is 20.5 Å². The molecule has 1 aliphatic heterocycles. The van der Waals surface area contributed by atoms with Crippen LogP contribution in [0.3, 0.4) is 0 Å². The average Bonchev–Trinajstić information content (AvgIpc) is 2.83. The first-order chi connectivity index (χ1) is 13.5. The standard InChI is InChI=1S/C21H26N4O3/c1-5-23-21(26)25-13(2)10-15-11-18(27-3)19(28-4)12-17(15)20(24-25)14-6-8-16(22)9-7-14/h6-9,11-13H,5,10,22H2,1-4H3,(H,23,26)/t13-/m1/s1. The number of nitrogens with zero attached hydrogens (tertiary/aromatic N) is 2. The van der Waals surface area contributed by atoms with E-state index in [0.717, 1.165) is 16.7 Å². The monoisotopic (exact) mass is 382 g/mol. The summed E-state index contributed by atoms with van der Waals surface area (Å²) in [5.74, 6) is 1.26. The lowest BCUT2D eigenvalue weighted by Gasteiger charge is -2.23. The van der Waals surface area contributed by atoms with Crippen LogP contribution in [0.2, 0.25) is 0 Å². The van der Waals surface area contributed by atoms with Gasteiger partial charge in [0.15, 0.2) is 11.5 Å². The second-order valence-electron chi connectivity index (χ2n) is 6.67. The zero-order chi connectivity index (χ0) is 20.3. The van der Waals surface area contributed by atoms with Crippen molar-refractivity contribution < 1.29 is 14.3 Å². The molecule has 0 saturated heterocycles. The fourth-order valence-corrected chi connectivity index (χ4v) is 3.31. The summed E-state index contributed by atoms with van der Waals surface area (Å²) in [7, 11) is 3.21. The predicted octanol–water partition coefficient (Wildman–Crippen LogP) is 3.01. The van der Waals surface area contributed by atoms with Crippen LogP contribution in [0.1, 0.15) is 30.5 Å². The molecule has 3 rings (SSSR count). The molecule has 7 heteroatoms. The minimum absolute atomic E-state index is 0.130. The molecule has 0 bridgehead atoms. The largest absolute Gasteiger partial charge is 0.493 e. The number of anilines is 1. The lowest BCUT2D eigenvalue weighted by molar-refractivity contribution is 0.183. The molecule has 0 unspecified atom stereocenters. The lowest BCUT2D eigenvalue weighted by atomic mass is 9.94. The Kier molecular flexibility index (Phi) is 5.73. The van der Waals surface area contributed by atoms with Crippen molar-refractivity contribution in [3.8, 4) is 11.5 Å². The Hall–Kier alpha value is -3.22. The minimum atomic E-state index is -0.227. The fourth-order valence-electron chi connectivity index (χ4n) is 3.31. The Balaban J connectivity index is 2.21. The zero-order valence-corrected chi connectivity index (χ0v) is 16.7. The molecular weight excluding hydrogens is 356 g/mol. The highest BCUT2D eigenvalue weighted by atomic mass is 16.5. The molecule has 0 aliphatic carbocycles. The number of carbonyl (C=O) groups is 1. The number of nitrogen functional groups attached to an aromatic ring is 1. The topological polar surface area (TPSA) is 89.2 Å². The predicted molar refractivity (Wildman–Crippen MR) is 110 cm³/mol. The highest BCUT2D eigenvalue weighted by molar-refractivity contribution is 6.14. The quantitative estimate of drug-likeness (QED) is 0.796. The second kappa shape index (κ2) is 8.21. The van der Waals surface area contributed by atoms with Crippen molar-refractivity contribution >= 4 is 17.4 Å². The van der Waals surface area contributed by atoms with Gasteiger partial charge in [0.1, 0.15) is 0 Å². The number of amides is 2. The van der Waals surface area contributed by atoms with Gasteiger partial charge in [-0.05, 0) is 50.1 Å². The Morgan fingerprint density at radius 3 is 2.46 bits per heavy atom. The molecule has 1 atom stereocenters. The maximum atomic E-state index is 12.6. The van der Waals surface area contributed by atoms with E-state index in [1.807, 2.05) is 50.2 Å². The Bertz CT molecular complexity index is 893. The van der Waals surface area contributed by atoms with Crippen molar-refractivity contribution in [2.24, 2.45) is 5.10 Å². The van der Waals surface area contributed by atoms with E-state index in [0.29, 0.717) is 35.9 Å². The first-order valence-corrected chi connectivity index (χ1v) is 9.25. The molecule has 0 saturated carbocycles. The van der Waals surface area contributed by atoms with Crippen LogP contribution in [-0.2, 0) is 6.42 Å². The number of nitrogens with one attached hydrogen (secondary N) is 1. The molecule has 0 fully saturated rings. The van der Waals surface area contributed by atoms with Gasteiger partial charge in [-0.2, -0.15) is 5.10 Å². The molecule has 7 nitrogen and oxygen atoms in total. The molecule has 2 amide bonds. The van der Waals surface area contributed by atoms with E-state index in [4.69, 9.17) is 20.3 Å². The number of hydrazone groups is 1. The van der Waals surface area contributed by atoms with Crippen LogP contribution in [0.4, 0.5) is 10.5 Å². The number of hydrogen-bond acceptors (Lipinski definition) is 5. The number of urea groups is 1. The molecule has 1 heterocycles. The van der Waals surface area contributed by atoms with Gasteiger partial charge in [0.2, 0.25) is 0 Å². The highest BCUT2D eigenvalue weighted by Gasteiger charge is 2.28. The molecule has 3 N–H and O–H groups in total. The van der Waals surface area contributed by atoms with Gasteiger partial charge in [0, 0.05) is 23.4 Å². The number of methoxy groups -OCH3 is 2. The van der Waals surface area contributed by atoms with Crippen LogP contribution in [-0.4, -0.2) is 43.6 Å². The van der Waals surface area contributed by atoms with Crippen molar-refractivity contribution in [2.75, 3.05) is 26.5 Å². The lowest BCUT2D eigenvalue weighted by Crippen LogP contribution is -2.42. The van der Waals surface area contributed by atoms with Gasteiger partial charge in [0.05, 0.1) is 26.0 Å². The Morgan fingerprint density at radius 1 is 1.21 bits per heavy atom. The summed E-state index contributed by atoms with van der Waals surface area (Å²) in [6, 6.07) is 11.0. The molecule has 2 aromatic rings. The summed E-state index contributed by atoms with van der Waals surface area (Å²) >= 11 is 0. The van der Waals surface area contributed by atoms with Gasteiger partial charge < -0.3 is 20.5 Å². The van der Waals surface area contributed by atoms with Crippen LogP contribution in [0.15, 0.2) is 41.5 Å². The van der Waals surface area contributed by atoms with Crippen LogP contribution in [0.5, 0.6) is 11.5 Å². The average molecular weight is 382 g/mol. The van der Waals surface area contributed by atoms with Crippen LogP contribution >= 0.6 is 0 Å². The molecular formula is C21H26N4O3. The van der Waals surface area contributed by atoms with Gasteiger partial charge >= 0.3 is 6.03 Å². The number of ether oxygens (including phenoxy) is 2. The van der Waals surface area contributed by atoms with Gasteiger partial charge in [-0.3, -0.25) is 0 Å². The maximum absolute atomic E-state index is 12.6. The summed E-state index contributed by atoms with van der Waals surface area (Å²) in [6.45, 7) is 4.39. The van der Waals surface area contributed by atoms with Crippen molar-refractivity contribution in [2.45, 2.75) is 26.3 Å². The van der Waals surface area contributed by atoms with E-state index >= 15 is 0 Å². The highest BCUT2D eigenvalue weighted by Crippen LogP contribution is 2.34. The summed E-state index contributed by atoms with van der Waals surface area (Å²) < 4.78 is 11.0. The van der Waals surface area contributed by atoms with Crippen molar-refractivity contribution in [1.82, 2.24) is 10.3 Å². The minimum Gasteiger partial charge on any atom is -0.493 e. The third-order valence-corrected chi connectivity index (χ3v) is 4.73.